The minimum absolute atomic E-state index is 0.0163. The van der Waals surface area contributed by atoms with Crippen molar-refractivity contribution in [3.63, 3.8) is 0 Å². The third kappa shape index (κ3) is 9.66. The molecular weight excluding hydrogens is 528 g/mol. The van der Waals surface area contributed by atoms with Gasteiger partial charge in [0.2, 0.25) is 11.8 Å². The molecule has 0 spiro atoms. The highest BCUT2D eigenvalue weighted by molar-refractivity contribution is 5.79. The zero-order valence-corrected chi connectivity index (χ0v) is 24.1. The number of carboxylic acid groups (broad SMARTS) is 1. The van der Waals surface area contributed by atoms with Crippen LogP contribution in [0.5, 0.6) is 0 Å². The highest BCUT2D eigenvalue weighted by Gasteiger charge is 2.46. The molecule has 3 heterocycles. The number of carbonyl (C=O) groups excluding carboxylic acids is 1. The van der Waals surface area contributed by atoms with Gasteiger partial charge in [0.1, 0.15) is 5.82 Å². The summed E-state index contributed by atoms with van der Waals surface area (Å²) in [4.78, 5) is 28.5. The van der Waals surface area contributed by atoms with Crippen LogP contribution in [0.1, 0.15) is 56.7 Å². The number of hydrogen-bond donors (Lipinski definition) is 4. The first-order chi connectivity index (χ1) is 19.7. The summed E-state index contributed by atoms with van der Waals surface area (Å²) < 4.78 is 26.7. The Hall–Kier alpha value is -3.27. The van der Waals surface area contributed by atoms with Crippen LogP contribution in [0.25, 0.3) is 0 Å². The van der Waals surface area contributed by atoms with Gasteiger partial charge in [-0.3, -0.25) is 9.59 Å². The van der Waals surface area contributed by atoms with Gasteiger partial charge >= 0.3 is 0 Å². The second kappa shape index (κ2) is 15.7. The van der Waals surface area contributed by atoms with Gasteiger partial charge in [0.15, 0.2) is 0 Å². The van der Waals surface area contributed by atoms with E-state index in [9.17, 15) is 13.6 Å². The predicted octanol–water partition coefficient (Wildman–Crippen LogP) is 4.55. The maximum atomic E-state index is 13.4. The number of nitrogens with zero attached hydrogens (tertiary/aromatic N) is 2. The van der Waals surface area contributed by atoms with Crippen LogP contribution < -0.4 is 16.0 Å². The standard InChI is InChI=1S/C30H43F2N5O.CH2O2/c1-4-26(24-17-30(31,32)18-24)27(5-2)35-21(3)19-34-29(38)23-10-7-15-37(20-23)16-8-11-25-13-12-22-9-6-14-33-28(22)36-25;2-1-3/h4-5,12-13,21,23-24,35H,1-2,6-11,14-20H2,3H3,(H,33,36)(H,34,38);1H,(H,2,3)/b27-26-;. The van der Waals surface area contributed by atoms with Crippen molar-refractivity contribution in [3.8, 4) is 0 Å². The number of pyridine rings is 1. The summed E-state index contributed by atoms with van der Waals surface area (Å²) in [5.41, 5.74) is 3.93. The van der Waals surface area contributed by atoms with Crippen molar-refractivity contribution in [2.45, 2.75) is 70.3 Å². The number of halogens is 2. The third-order valence-electron chi connectivity index (χ3n) is 7.98. The van der Waals surface area contributed by atoms with E-state index in [-0.39, 0.29) is 43.1 Å². The normalized spacial score (nSPS) is 21.3. The van der Waals surface area contributed by atoms with Gasteiger partial charge in [-0.1, -0.05) is 25.3 Å². The number of nitrogens with one attached hydrogen (secondary N) is 3. The summed E-state index contributed by atoms with van der Waals surface area (Å²) in [6.07, 6.45) is 9.14. The number of anilines is 1. The molecule has 0 aromatic carbocycles. The Morgan fingerprint density at radius 2 is 2.02 bits per heavy atom. The fourth-order valence-electron chi connectivity index (χ4n) is 5.82. The SMILES string of the molecule is C=C/C(NC(C)CNC(=O)C1CCCN(CCCc2ccc3c(n2)NCCC3)C1)=C(\C=C)C1CC(F)(F)C1.O=CO. The van der Waals surface area contributed by atoms with Crippen LogP contribution in [0.15, 0.2) is 48.7 Å². The lowest BCUT2D eigenvalue weighted by Crippen LogP contribution is -2.46. The average molecular weight is 574 g/mol. The van der Waals surface area contributed by atoms with Gasteiger partial charge in [-0.25, -0.2) is 13.8 Å². The molecule has 226 valence electrons. The van der Waals surface area contributed by atoms with Crippen molar-refractivity contribution in [1.29, 1.82) is 0 Å². The van der Waals surface area contributed by atoms with E-state index in [1.54, 1.807) is 12.2 Å². The third-order valence-corrected chi connectivity index (χ3v) is 7.98. The summed E-state index contributed by atoms with van der Waals surface area (Å²) in [7, 11) is 0. The Morgan fingerprint density at radius 3 is 2.71 bits per heavy atom. The minimum atomic E-state index is -2.59. The first-order valence-corrected chi connectivity index (χ1v) is 14.6. The molecule has 1 aliphatic carbocycles. The number of likely N-dealkylation sites (tertiary alicyclic amines) is 1. The van der Waals surface area contributed by atoms with E-state index >= 15 is 0 Å². The number of allylic oxidation sites excluding steroid dienone is 3. The molecule has 1 amide bonds. The maximum Gasteiger partial charge on any atom is 0.290 e. The molecular formula is C31H45F2N5O3. The average Bonchev–Trinajstić information content (AvgIpc) is 2.95. The summed E-state index contributed by atoms with van der Waals surface area (Å²) in [6.45, 7) is 13.6. The number of amides is 1. The summed E-state index contributed by atoms with van der Waals surface area (Å²) in [6, 6.07) is 4.29. The number of carbonyl (C=O) groups is 2. The van der Waals surface area contributed by atoms with E-state index in [1.807, 2.05) is 6.92 Å². The predicted molar refractivity (Wildman–Crippen MR) is 158 cm³/mol. The molecule has 2 atom stereocenters. The monoisotopic (exact) mass is 573 g/mol. The summed E-state index contributed by atoms with van der Waals surface area (Å²) in [5, 5.41) is 16.7. The lowest BCUT2D eigenvalue weighted by atomic mass is 9.75. The largest absolute Gasteiger partial charge is 0.483 e. The van der Waals surface area contributed by atoms with E-state index in [0.29, 0.717) is 6.54 Å². The lowest BCUT2D eigenvalue weighted by molar-refractivity contribution is -0.127. The number of piperidine rings is 1. The molecule has 3 aliphatic rings. The number of alkyl halides is 2. The van der Waals surface area contributed by atoms with Crippen molar-refractivity contribution in [2.24, 2.45) is 11.8 Å². The van der Waals surface area contributed by atoms with E-state index in [4.69, 9.17) is 14.9 Å². The highest BCUT2D eigenvalue weighted by atomic mass is 19.3. The molecule has 2 aliphatic heterocycles. The number of aromatic nitrogens is 1. The fraction of sp³-hybridized carbons (Fsp3) is 0.581. The quantitative estimate of drug-likeness (QED) is 0.215. The zero-order chi connectivity index (χ0) is 29.8. The van der Waals surface area contributed by atoms with Crippen molar-refractivity contribution in [1.82, 2.24) is 20.5 Å². The smallest absolute Gasteiger partial charge is 0.290 e. The molecule has 4 rings (SSSR count). The van der Waals surface area contributed by atoms with E-state index < -0.39 is 5.92 Å². The minimum Gasteiger partial charge on any atom is -0.483 e. The Labute approximate surface area is 242 Å². The van der Waals surface area contributed by atoms with E-state index in [1.165, 1.54) is 12.0 Å². The lowest BCUT2D eigenvalue weighted by Gasteiger charge is -2.37. The van der Waals surface area contributed by atoms with Crippen LogP contribution >= 0.6 is 0 Å². The van der Waals surface area contributed by atoms with Gasteiger partial charge in [0, 0.05) is 49.9 Å². The van der Waals surface area contributed by atoms with Crippen LogP contribution in [0.4, 0.5) is 14.6 Å². The second-order valence-electron chi connectivity index (χ2n) is 11.2. The van der Waals surface area contributed by atoms with Crippen LogP contribution in [0.3, 0.4) is 0 Å². The molecule has 2 unspecified atom stereocenters. The highest BCUT2D eigenvalue weighted by Crippen LogP contribution is 2.46. The first kappa shape index (κ1) is 32.2. The van der Waals surface area contributed by atoms with Crippen LogP contribution in [-0.2, 0) is 22.4 Å². The molecule has 4 N–H and O–H groups in total. The fourth-order valence-corrected chi connectivity index (χ4v) is 5.82. The van der Waals surface area contributed by atoms with Crippen LogP contribution in [-0.4, -0.2) is 72.1 Å². The molecule has 2 fully saturated rings. The number of hydrogen-bond acceptors (Lipinski definition) is 6. The molecule has 1 saturated heterocycles. The Bertz CT molecular complexity index is 1090. The topological polar surface area (TPSA) is 107 Å². The van der Waals surface area contributed by atoms with Crippen molar-refractivity contribution in [3.05, 3.63) is 60.0 Å². The molecule has 1 aromatic heterocycles. The zero-order valence-electron chi connectivity index (χ0n) is 24.1. The molecule has 0 bridgehead atoms. The van der Waals surface area contributed by atoms with Crippen molar-refractivity contribution < 1.29 is 23.5 Å². The van der Waals surface area contributed by atoms with Gasteiger partial charge in [0.25, 0.3) is 6.47 Å². The van der Waals surface area contributed by atoms with E-state index in [2.05, 4.69) is 46.1 Å². The van der Waals surface area contributed by atoms with Crippen LogP contribution in [0, 0.1) is 11.8 Å². The first-order valence-electron chi connectivity index (χ1n) is 14.6. The van der Waals surface area contributed by atoms with Crippen LogP contribution in [0.2, 0.25) is 0 Å². The van der Waals surface area contributed by atoms with Crippen molar-refractivity contribution >= 4 is 18.2 Å². The molecule has 10 heteroatoms. The van der Waals surface area contributed by atoms with Gasteiger partial charge in [-0.05, 0) is 87.7 Å². The second-order valence-corrected chi connectivity index (χ2v) is 11.2. The molecule has 8 nitrogen and oxygen atoms in total. The van der Waals surface area contributed by atoms with Gasteiger partial charge in [-0.2, -0.15) is 0 Å². The maximum absolute atomic E-state index is 13.4. The van der Waals surface area contributed by atoms with Gasteiger partial charge in [-0.15, -0.1) is 0 Å². The van der Waals surface area contributed by atoms with Crippen molar-refractivity contribution in [2.75, 3.05) is 38.0 Å². The Morgan fingerprint density at radius 1 is 1.27 bits per heavy atom. The number of fused-ring (bicyclic) bond motifs is 1. The van der Waals surface area contributed by atoms with Gasteiger partial charge in [0.05, 0.1) is 5.92 Å². The Balaban J connectivity index is 0.00000147. The molecule has 1 aromatic rings. The molecule has 41 heavy (non-hydrogen) atoms. The summed E-state index contributed by atoms with van der Waals surface area (Å²) >= 11 is 0. The number of aryl methyl sites for hydroxylation is 2. The molecule has 0 radical (unpaired) electrons. The summed E-state index contributed by atoms with van der Waals surface area (Å²) in [5.74, 6) is -1.69. The van der Waals surface area contributed by atoms with Gasteiger partial charge < -0.3 is 26.0 Å². The Kier molecular flexibility index (Phi) is 12.3. The van der Waals surface area contributed by atoms with E-state index in [0.717, 1.165) is 81.1 Å². The number of rotatable bonds is 12. The molecule has 1 saturated carbocycles.